The molecule has 0 amide bonds. The zero-order valence-electron chi connectivity index (χ0n) is 11.9. The van der Waals surface area contributed by atoms with E-state index in [4.69, 9.17) is 0 Å². The van der Waals surface area contributed by atoms with Gasteiger partial charge in [-0.2, -0.15) is 8.42 Å². The van der Waals surface area contributed by atoms with E-state index in [0.717, 1.165) is 4.57 Å². The first kappa shape index (κ1) is 15.2. The Morgan fingerprint density at radius 3 is 2.48 bits per heavy atom. The fourth-order valence-electron chi connectivity index (χ4n) is 2.44. The highest BCUT2D eigenvalue weighted by atomic mass is 32.2. The molecule has 3 rings (SSSR count). The summed E-state index contributed by atoms with van der Waals surface area (Å²) in [6.07, 6.45) is 1.22. The van der Waals surface area contributed by atoms with Crippen molar-refractivity contribution in [3.63, 3.8) is 0 Å². The first-order valence-corrected chi connectivity index (χ1v) is 7.98. The van der Waals surface area contributed by atoms with Gasteiger partial charge in [-0.05, 0) is 5.56 Å². The van der Waals surface area contributed by atoms with Gasteiger partial charge < -0.3 is 4.98 Å². The SMILES string of the molecule is Cn1c(=O)n(C(c2ccccc2)S(=O)(=O)O)c(=O)c2[nH]cnc21. The number of H-pyrrole nitrogens is 1. The van der Waals surface area contributed by atoms with E-state index in [1.165, 1.54) is 37.6 Å². The van der Waals surface area contributed by atoms with Crippen LogP contribution in [0.4, 0.5) is 0 Å². The van der Waals surface area contributed by atoms with Crippen molar-refractivity contribution < 1.29 is 13.0 Å². The maximum absolute atomic E-state index is 12.5. The Hall–Kier alpha value is -2.72. The molecule has 1 atom stereocenters. The molecule has 2 heterocycles. The minimum absolute atomic E-state index is 0.0309. The first-order valence-electron chi connectivity index (χ1n) is 6.48. The summed E-state index contributed by atoms with van der Waals surface area (Å²) in [5.41, 5.74) is -1.63. The summed E-state index contributed by atoms with van der Waals surface area (Å²) >= 11 is 0. The summed E-state index contributed by atoms with van der Waals surface area (Å²) in [4.78, 5) is 31.4. The lowest BCUT2D eigenvalue weighted by molar-refractivity contribution is 0.451. The predicted octanol–water partition coefficient (Wildman–Crippen LogP) is -0.142. The lowest BCUT2D eigenvalue weighted by Crippen LogP contribution is -2.44. The van der Waals surface area contributed by atoms with E-state index in [2.05, 4.69) is 9.97 Å². The van der Waals surface area contributed by atoms with E-state index in [-0.39, 0.29) is 16.7 Å². The average molecular weight is 336 g/mol. The van der Waals surface area contributed by atoms with Gasteiger partial charge in [0.25, 0.3) is 15.7 Å². The predicted molar refractivity (Wildman–Crippen MR) is 81.7 cm³/mol. The average Bonchev–Trinajstić information content (AvgIpc) is 2.99. The Bertz CT molecular complexity index is 1090. The van der Waals surface area contributed by atoms with Crippen LogP contribution in [-0.4, -0.2) is 32.1 Å². The molecule has 3 aromatic rings. The summed E-state index contributed by atoms with van der Waals surface area (Å²) in [5, 5.41) is -1.84. The molecular weight excluding hydrogens is 324 g/mol. The van der Waals surface area contributed by atoms with E-state index < -0.39 is 26.7 Å². The first-order chi connectivity index (χ1) is 10.8. The lowest BCUT2D eigenvalue weighted by Gasteiger charge is -2.17. The van der Waals surface area contributed by atoms with Crippen LogP contribution in [0.25, 0.3) is 11.2 Å². The van der Waals surface area contributed by atoms with Crippen molar-refractivity contribution in [2.24, 2.45) is 7.05 Å². The zero-order valence-corrected chi connectivity index (χ0v) is 12.7. The van der Waals surface area contributed by atoms with Gasteiger partial charge in [-0.1, -0.05) is 30.3 Å². The molecule has 0 saturated carbocycles. The highest BCUT2D eigenvalue weighted by molar-refractivity contribution is 7.86. The minimum atomic E-state index is -4.77. The van der Waals surface area contributed by atoms with Crippen molar-refractivity contribution in [3.05, 3.63) is 63.1 Å². The number of aryl methyl sites for hydroxylation is 1. The van der Waals surface area contributed by atoms with Crippen LogP contribution >= 0.6 is 0 Å². The summed E-state index contributed by atoms with van der Waals surface area (Å²) in [7, 11) is -3.41. The van der Waals surface area contributed by atoms with E-state index in [1.807, 2.05) is 0 Å². The second kappa shape index (κ2) is 5.18. The van der Waals surface area contributed by atoms with Crippen LogP contribution in [0.1, 0.15) is 10.9 Å². The van der Waals surface area contributed by atoms with Crippen molar-refractivity contribution >= 4 is 21.3 Å². The standard InChI is InChI=1S/C13H12N4O5S/c1-16-10-9(14-7-15-10)11(18)17(13(16)19)12(23(20,21)22)8-5-3-2-4-6-8/h2-7,12H,1H3,(H,14,15)(H,20,21,22). The molecule has 23 heavy (non-hydrogen) atoms. The quantitative estimate of drug-likeness (QED) is 0.641. The Kier molecular flexibility index (Phi) is 3.42. The minimum Gasteiger partial charge on any atom is -0.339 e. The van der Waals surface area contributed by atoms with Gasteiger partial charge in [0.1, 0.15) is 5.52 Å². The molecule has 1 aromatic carbocycles. The number of aromatic amines is 1. The molecule has 0 fully saturated rings. The van der Waals surface area contributed by atoms with Crippen molar-refractivity contribution in [2.45, 2.75) is 5.37 Å². The van der Waals surface area contributed by atoms with Crippen molar-refractivity contribution in [3.8, 4) is 0 Å². The van der Waals surface area contributed by atoms with Gasteiger partial charge in [-0.25, -0.2) is 14.3 Å². The third-order valence-electron chi connectivity index (χ3n) is 3.46. The Morgan fingerprint density at radius 1 is 1.22 bits per heavy atom. The third kappa shape index (κ3) is 2.37. The number of nitrogens with one attached hydrogen (secondary N) is 1. The molecule has 0 radical (unpaired) electrons. The maximum Gasteiger partial charge on any atom is 0.334 e. The second-order valence-electron chi connectivity index (χ2n) is 4.90. The summed E-state index contributed by atoms with van der Waals surface area (Å²) in [6.45, 7) is 0. The molecule has 0 bridgehead atoms. The van der Waals surface area contributed by atoms with Gasteiger partial charge in [0.05, 0.1) is 6.33 Å². The highest BCUT2D eigenvalue weighted by Gasteiger charge is 2.31. The van der Waals surface area contributed by atoms with Gasteiger partial charge in [0, 0.05) is 7.05 Å². The van der Waals surface area contributed by atoms with Gasteiger partial charge in [-0.15, -0.1) is 0 Å². The molecule has 2 N–H and O–H groups in total. The van der Waals surface area contributed by atoms with Crippen LogP contribution < -0.4 is 11.2 Å². The van der Waals surface area contributed by atoms with Crippen molar-refractivity contribution in [1.82, 2.24) is 19.1 Å². The number of benzene rings is 1. The fourth-order valence-corrected chi connectivity index (χ4v) is 3.39. The zero-order chi connectivity index (χ0) is 16.8. The van der Waals surface area contributed by atoms with Crippen molar-refractivity contribution in [1.29, 1.82) is 0 Å². The maximum atomic E-state index is 12.5. The van der Waals surface area contributed by atoms with E-state index in [9.17, 15) is 22.6 Å². The van der Waals surface area contributed by atoms with Crippen LogP contribution in [0.5, 0.6) is 0 Å². The molecule has 1 unspecified atom stereocenters. The number of fused-ring (bicyclic) bond motifs is 1. The van der Waals surface area contributed by atoms with E-state index in [1.54, 1.807) is 6.07 Å². The molecule has 2 aromatic heterocycles. The molecule has 0 aliphatic heterocycles. The largest absolute Gasteiger partial charge is 0.339 e. The molecule has 120 valence electrons. The Labute approximate surface area is 129 Å². The van der Waals surface area contributed by atoms with E-state index >= 15 is 0 Å². The number of hydrogen-bond donors (Lipinski definition) is 2. The Balaban J connectivity index is 2.46. The molecule has 0 saturated heterocycles. The van der Waals surface area contributed by atoms with Gasteiger partial charge in [0.15, 0.2) is 11.0 Å². The van der Waals surface area contributed by atoms with Gasteiger partial charge >= 0.3 is 5.69 Å². The Morgan fingerprint density at radius 2 is 1.87 bits per heavy atom. The summed E-state index contributed by atoms with van der Waals surface area (Å²) in [5.74, 6) is 0. The topological polar surface area (TPSA) is 127 Å². The molecule has 10 heteroatoms. The molecule has 0 spiro atoms. The number of rotatable bonds is 3. The lowest BCUT2D eigenvalue weighted by atomic mass is 10.2. The van der Waals surface area contributed by atoms with Crippen LogP contribution in [0.3, 0.4) is 0 Å². The van der Waals surface area contributed by atoms with Gasteiger partial charge in [-0.3, -0.25) is 13.9 Å². The number of hydrogen-bond acceptors (Lipinski definition) is 5. The van der Waals surface area contributed by atoms with Gasteiger partial charge in [0.2, 0.25) is 0 Å². The number of aromatic nitrogens is 4. The smallest absolute Gasteiger partial charge is 0.334 e. The summed E-state index contributed by atoms with van der Waals surface area (Å²) < 4.78 is 34.8. The molecule has 9 nitrogen and oxygen atoms in total. The monoisotopic (exact) mass is 336 g/mol. The number of nitrogens with zero attached hydrogens (tertiary/aromatic N) is 3. The van der Waals surface area contributed by atoms with Crippen LogP contribution in [0, 0.1) is 0 Å². The second-order valence-corrected chi connectivity index (χ2v) is 6.37. The number of imidazole rings is 1. The van der Waals surface area contributed by atoms with E-state index in [0.29, 0.717) is 4.57 Å². The summed E-state index contributed by atoms with van der Waals surface area (Å²) in [6, 6.07) is 7.53. The van der Waals surface area contributed by atoms with Crippen LogP contribution in [-0.2, 0) is 17.2 Å². The fraction of sp³-hybridized carbons (Fsp3) is 0.154. The van der Waals surface area contributed by atoms with Crippen LogP contribution in [0.2, 0.25) is 0 Å². The molecule has 0 aliphatic carbocycles. The highest BCUT2D eigenvalue weighted by Crippen LogP contribution is 2.21. The van der Waals surface area contributed by atoms with Crippen molar-refractivity contribution in [2.75, 3.05) is 0 Å². The molecular formula is C13H12N4O5S. The normalized spacial score (nSPS) is 13.3. The van der Waals surface area contributed by atoms with Crippen LogP contribution in [0.15, 0.2) is 46.2 Å². The molecule has 0 aliphatic rings. The third-order valence-corrected chi connectivity index (χ3v) is 4.51.